The molecule has 320 valence electrons. The van der Waals surface area contributed by atoms with Crippen molar-refractivity contribution < 1.29 is 56.5 Å². The molecule has 10 rings (SSSR count). The monoisotopic (exact) mass is 883 g/mol. The van der Waals surface area contributed by atoms with Crippen molar-refractivity contribution >= 4 is 59.3 Å². The topological polar surface area (TPSA) is 26.3 Å². The van der Waals surface area contributed by atoms with Crippen LogP contribution in [0.4, 0.5) is 17.1 Å². The molecule has 0 saturated carbocycles. The fraction of sp³-hybridized carbons (Fsp3) is 0.233. The van der Waals surface area contributed by atoms with Crippen LogP contribution in [0.15, 0.2) is 164 Å². The predicted molar refractivity (Wildman–Crippen MR) is 275 cm³/mol. The van der Waals surface area contributed by atoms with Gasteiger partial charge in [-0.15, -0.1) is 11.3 Å². The van der Waals surface area contributed by atoms with E-state index in [2.05, 4.69) is 238 Å². The Morgan fingerprint density at radius 2 is 0.922 bits per heavy atom. The first-order chi connectivity index (χ1) is 30.3. The van der Waals surface area contributed by atoms with Crippen LogP contribution in [0.1, 0.15) is 97.9 Å². The van der Waals surface area contributed by atoms with Crippen molar-refractivity contribution in [1.82, 2.24) is 0 Å². The summed E-state index contributed by atoms with van der Waals surface area (Å²) in [5.41, 5.74) is 17.1. The zero-order valence-corrected chi connectivity index (χ0v) is 43.9. The van der Waals surface area contributed by atoms with E-state index in [-0.39, 0.29) is 56.8 Å². The van der Waals surface area contributed by atoms with Crippen LogP contribution in [-0.2, 0) is 5.41 Å². The van der Waals surface area contributed by atoms with Gasteiger partial charge in [0.2, 0.25) is 0 Å². The molecule has 0 spiro atoms. The zero-order chi connectivity index (χ0) is 45.0. The summed E-state index contributed by atoms with van der Waals surface area (Å²) < 4.78 is 2.78. The van der Waals surface area contributed by atoms with Crippen LogP contribution in [-0.4, -0.2) is 7.11 Å². The molecule has 0 fully saturated rings. The SMILES string of the molecule is CC(C)c1ccc2sc3ccccc3c2c1.C[O-].Cc1ccc(C(C)C)cc1.Cc1ccc(N(c2ccc(C)cc2)c2cc3c(c4ccccc24)-c2ccc(C)cc2C3(C)C)cc1.[K+]. The van der Waals surface area contributed by atoms with Crippen LogP contribution < -0.4 is 61.4 Å². The van der Waals surface area contributed by atoms with Gasteiger partial charge in [-0.3, -0.25) is 0 Å². The van der Waals surface area contributed by atoms with E-state index in [0.717, 1.165) is 7.11 Å². The number of rotatable bonds is 5. The Morgan fingerprint density at radius 3 is 1.48 bits per heavy atom. The van der Waals surface area contributed by atoms with Crippen LogP contribution in [0.2, 0.25) is 0 Å². The first-order valence-electron chi connectivity index (χ1n) is 22.3. The van der Waals surface area contributed by atoms with Crippen LogP contribution in [0, 0.1) is 27.7 Å². The van der Waals surface area contributed by atoms with Crippen molar-refractivity contribution in [2.24, 2.45) is 0 Å². The van der Waals surface area contributed by atoms with Crippen LogP contribution in [0.5, 0.6) is 0 Å². The number of hydrogen-bond acceptors (Lipinski definition) is 3. The van der Waals surface area contributed by atoms with Gasteiger partial charge >= 0.3 is 51.4 Å². The van der Waals surface area contributed by atoms with E-state index in [1.54, 1.807) is 0 Å². The second-order valence-electron chi connectivity index (χ2n) is 18.1. The third kappa shape index (κ3) is 10.4. The molecule has 0 radical (unpaired) electrons. The molecule has 1 aliphatic rings. The molecule has 0 bridgehead atoms. The van der Waals surface area contributed by atoms with Crippen LogP contribution >= 0.6 is 11.3 Å². The molecule has 0 unspecified atom stereocenters. The van der Waals surface area contributed by atoms with E-state index in [9.17, 15) is 0 Å². The average Bonchev–Trinajstić information content (AvgIpc) is 3.77. The summed E-state index contributed by atoms with van der Waals surface area (Å²) >= 11 is 1.88. The molecule has 64 heavy (non-hydrogen) atoms. The second kappa shape index (κ2) is 21.3. The Balaban J connectivity index is 0.000000193. The molecule has 0 atom stereocenters. The molecule has 4 heteroatoms. The van der Waals surface area contributed by atoms with E-state index in [1.807, 2.05) is 11.3 Å². The summed E-state index contributed by atoms with van der Waals surface area (Å²) in [4.78, 5) is 2.42. The number of aryl methyl sites for hydroxylation is 4. The Morgan fingerprint density at radius 1 is 0.453 bits per heavy atom. The largest absolute Gasteiger partial charge is 1.00 e. The minimum Gasteiger partial charge on any atom is -0.857 e. The van der Waals surface area contributed by atoms with Crippen molar-refractivity contribution in [2.45, 2.75) is 86.5 Å². The third-order valence-corrected chi connectivity index (χ3v) is 13.6. The predicted octanol–water partition coefficient (Wildman–Crippen LogP) is 13.8. The number of hydrogen-bond donors (Lipinski definition) is 0. The Bertz CT molecular complexity index is 2930. The number of anilines is 3. The molecular formula is C60H62KNOS. The standard InChI is InChI=1S/C34H31N.C15H14S.C10H14.CH3O.K/c1-22-10-15-25(16-11-22)35(26-17-12-23(2)13-18-26)32-21-31-33(28-9-7-6-8-27(28)32)29-19-14-24(3)20-30(29)34(31,4)5;1-10(2)11-7-8-15-13(9-11)12-5-3-4-6-14(12)16-15;1-8(2)10-6-4-9(3)5-7-10;1-2;/h6-21H,1-5H3;3-10H,1-2H3;4-8H,1-3H3;1H3;/q;;;-1;+1. The number of benzene rings is 8. The number of thiophene rings is 1. The molecule has 0 saturated heterocycles. The molecule has 9 aromatic rings. The van der Waals surface area contributed by atoms with Gasteiger partial charge in [-0.05, 0) is 127 Å². The van der Waals surface area contributed by atoms with E-state index < -0.39 is 0 Å². The van der Waals surface area contributed by atoms with E-state index >= 15 is 0 Å². The molecule has 1 aromatic heterocycles. The van der Waals surface area contributed by atoms with Crippen LogP contribution in [0.25, 0.3) is 42.1 Å². The first kappa shape index (κ1) is 49.1. The fourth-order valence-corrected chi connectivity index (χ4v) is 9.82. The van der Waals surface area contributed by atoms with Crippen molar-refractivity contribution in [3.05, 3.63) is 208 Å². The first-order valence-corrected chi connectivity index (χ1v) is 23.1. The summed E-state index contributed by atoms with van der Waals surface area (Å²) in [6.45, 7) is 22.3. The summed E-state index contributed by atoms with van der Waals surface area (Å²) in [6.07, 6.45) is 0. The summed E-state index contributed by atoms with van der Waals surface area (Å²) in [6, 6.07) is 60.3. The summed E-state index contributed by atoms with van der Waals surface area (Å²) in [5, 5.41) is 13.6. The quantitative estimate of drug-likeness (QED) is 0.161. The van der Waals surface area contributed by atoms with Crippen molar-refractivity contribution in [3.8, 4) is 11.1 Å². The summed E-state index contributed by atoms with van der Waals surface area (Å²) in [5.74, 6) is 1.25. The molecule has 0 N–H and O–H groups in total. The molecule has 2 nitrogen and oxygen atoms in total. The molecule has 1 aliphatic carbocycles. The van der Waals surface area contributed by atoms with Crippen molar-refractivity contribution in [2.75, 3.05) is 12.0 Å². The molecule has 1 heterocycles. The van der Waals surface area contributed by atoms with E-state index in [0.29, 0.717) is 11.8 Å². The number of nitrogens with zero attached hydrogens (tertiary/aromatic N) is 1. The van der Waals surface area contributed by atoms with E-state index in [4.69, 9.17) is 5.11 Å². The third-order valence-electron chi connectivity index (χ3n) is 12.5. The van der Waals surface area contributed by atoms with Gasteiger partial charge in [0.15, 0.2) is 0 Å². The maximum absolute atomic E-state index is 8.25. The van der Waals surface area contributed by atoms with Gasteiger partial charge in [-0.1, -0.05) is 179 Å². The van der Waals surface area contributed by atoms with Gasteiger partial charge in [0, 0.05) is 42.3 Å². The minimum absolute atomic E-state index is 0. The Hall–Kier alpha value is -4.36. The van der Waals surface area contributed by atoms with Gasteiger partial charge in [0.05, 0.1) is 5.69 Å². The Kier molecular flexibility index (Phi) is 16.3. The molecule has 8 aromatic carbocycles. The van der Waals surface area contributed by atoms with Crippen molar-refractivity contribution in [1.29, 1.82) is 0 Å². The van der Waals surface area contributed by atoms with Gasteiger partial charge in [-0.2, -0.15) is 7.11 Å². The normalized spacial score (nSPS) is 12.0. The van der Waals surface area contributed by atoms with Gasteiger partial charge in [0.1, 0.15) is 0 Å². The Labute approximate surface area is 429 Å². The smallest absolute Gasteiger partial charge is 0.857 e. The maximum Gasteiger partial charge on any atom is 1.00 e. The van der Waals surface area contributed by atoms with Gasteiger partial charge < -0.3 is 10.0 Å². The average molecular weight is 884 g/mol. The van der Waals surface area contributed by atoms with E-state index in [1.165, 1.54) is 104 Å². The van der Waals surface area contributed by atoms with Gasteiger partial charge in [-0.25, -0.2) is 0 Å². The molecule has 0 amide bonds. The van der Waals surface area contributed by atoms with Crippen LogP contribution in [0.3, 0.4) is 0 Å². The summed E-state index contributed by atoms with van der Waals surface area (Å²) in [7, 11) is 0.750. The minimum atomic E-state index is -0.0678. The van der Waals surface area contributed by atoms with Gasteiger partial charge in [0.25, 0.3) is 0 Å². The van der Waals surface area contributed by atoms with Crippen molar-refractivity contribution in [3.63, 3.8) is 0 Å². The maximum atomic E-state index is 8.25. The number of fused-ring (bicyclic) bond motifs is 8. The molecular weight excluding hydrogens is 822 g/mol. The zero-order valence-electron chi connectivity index (χ0n) is 40.0. The molecule has 0 aliphatic heterocycles. The fourth-order valence-electron chi connectivity index (χ4n) is 8.73. The second-order valence-corrected chi connectivity index (χ2v) is 19.2.